The Hall–Kier alpha value is -3.09. The van der Waals surface area contributed by atoms with Gasteiger partial charge in [-0.3, -0.25) is 14.4 Å². The average Bonchev–Trinajstić information content (AvgIpc) is 3.04. The number of fused-ring (bicyclic) bond motifs is 4. The van der Waals surface area contributed by atoms with Crippen LogP contribution in [0, 0.1) is 0 Å². The summed E-state index contributed by atoms with van der Waals surface area (Å²) >= 11 is 0. The molecule has 0 spiro atoms. The van der Waals surface area contributed by atoms with Crippen LogP contribution >= 0.6 is 0 Å². The van der Waals surface area contributed by atoms with Gasteiger partial charge in [0.15, 0.2) is 17.3 Å². The molecule has 28 heavy (non-hydrogen) atoms. The fourth-order valence-electron chi connectivity index (χ4n) is 4.12. The highest BCUT2D eigenvalue weighted by atomic mass is 16.5. The van der Waals surface area contributed by atoms with Crippen LogP contribution in [0.3, 0.4) is 0 Å². The number of esters is 1. The van der Waals surface area contributed by atoms with Crippen molar-refractivity contribution < 1.29 is 23.8 Å². The van der Waals surface area contributed by atoms with Gasteiger partial charge in [-0.15, -0.1) is 0 Å². The predicted molar refractivity (Wildman–Crippen MR) is 101 cm³/mol. The number of hydrogen-bond acceptors (Lipinski definition) is 6. The van der Waals surface area contributed by atoms with Crippen LogP contribution in [0.5, 0.6) is 11.5 Å². The van der Waals surface area contributed by atoms with Crippen LogP contribution in [0.15, 0.2) is 23.0 Å². The maximum atomic E-state index is 13.2. The number of methoxy groups -OCH3 is 2. The molecule has 0 fully saturated rings. The van der Waals surface area contributed by atoms with Crippen molar-refractivity contribution in [1.82, 2.24) is 4.57 Å². The van der Waals surface area contributed by atoms with E-state index >= 15 is 0 Å². The Kier molecular flexibility index (Phi) is 4.45. The van der Waals surface area contributed by atoms with Gasteiger partial charge in [-0.2, -0.15) is 0 Å². The van der Waals surface area contributed by atoms with E-state index in [1.807, 2.05) is 12.1 Å². The molecule has 1 aromatic heterocycles. The first-order valence-corrected chi connectivity index (χ1v) is 9.23. The summed E-state index contributed by atoms with van der Waals surface area (Å²) in [5, 5.41) is 0. The number of aryl methyl sites for hydroxylation is 1. The van der Waals surface area contributed by atoms with Crippen LogP contribution < -0.4 is 15.0 Å². The van der Waals surface area contributed by atoms with Crippen molar-refractivity contribution in [3.05, 3.63) is 45.2 Å². The molecule has 0 radical (unpaired) electrons. The second-order valence-electron chi connectivity index (χ2n) is 6.86. The van der Waals surface area contributed by atoms with Crippen LogP contribution in [-0.4, -0.2) is 37.1 Å². The van der Waals surface area contributed by atoms with Crippen molar-refractivity contribution in [2.75, 3.05) is 20.8 Å². The fraction of sp³-hybridized carbons (Fsp3) is 0.381. The third-order valence-corrected chi connectivity index (χ3v) is 5.44. The minimum Gasteiger partial charge on any atom is -0.493 e. The van der Waals surface area contributed by atoms with E-state index in [4.69, 9.17) is 14.2 Å². The highest BCUT2D eigenvalue weighted by molar-refractivity contribution is 6.06. The molecule has 2 aromatic rings. The average molecular weight is 383 g/mol. The summed E-state index contributed by atoms with van der Waals surface area (Å²) in [7, 11) is 3.13. The Labute approximate surface area is 161 Å². The monoisotopic (exact) mass is 383 g/mol. The van der Waals surface area contributed by atoms with E-state index in [9.17, 15) is 14.4 Å². The normalized spacial score (nSPS) is 16.8. The second-order valence-corrected chi connectivity index (χ2v) is 6.86. The second kappa shape index (κ2) is 6.82. The number of ether oxygens (including phenoxy) is 3. The van der Waals surface area contributed by atoms with Crippen LogP contribution in [0.1, 0.15) is 40.7 Å². The summed E-state index contributed by atoms with van der Waals surface area (Å²) in [5.74, 6) is -0.370. The summed E-state index contributed by atoms with van der Waals surface area (Å²) in [5.41, 5.74) is 2.79. The number of rotatable bonds is 4. The van der Waals surface area contributed by atoms with Gasteiger partial charge >= 0.3 is 5.97 Å². The molecule has 2 aliphatic rings. The Morgan fingerprint density at radius 2 is 1.82 bits per heavy atom. The zero-order valence-corrected chi connectivity index (χ0v) is 16.0. The van der Waals surface area contributed by atoms with E-state index in [1.165, 1.54) is 0 Å². The Morgan fingerprint density at radius 1 is 1.11 bits per heavy atom. The number of Topliss-reactive ketones (excluding diaryl/α,β-unsaturated/α-hetero) is 1. The van der Waals surface area contributed by atoms with Crippen LogP contribution in [0.25, 0.3) is 11.3 Å². The molecule has 7 nitrogen and oxygen atoms in total. The number of hydrogen-bond donors (Lipinski definition) is 0. The molecule has 7 heteroatoms. The van der Waals surface area contributed by atoms with Crippen molar-refractivity contribution >= 4 is 11.8 Å². The number of aromatic nitrogens is 1. The highest BCUT2D eigenvalue weighted by Gasteiger charge is 2.39. The molecule has 0 N–H and O–H groups in total. The quantitative estimate of drug-likeness (QED) is 0.754. The van der Waals surface area contributed by atoms with E-state index in [2.05, 4.69) is 0 Å². The van der Waals surface area contributed by atoms with Crippen molar-refractivity contribution in [2.24, 2.45) is 0 Å². The zero-order chi connectivity index (χ0) is 20.0. The molecule has 1 aliphatic carbocycles. The molecule has 0 saturated heterocycles. The lowest BCUT2D eigenvalue weighted by Gasteiger charge is -2.24. The summed E-state index contributed by atoms with van der Waals surface area (Å²) < 4.78 is 17.5. The first-order chi connectivity index (χ1) is 13.5. The van der Waals surface area contributed by atoms with E-state index in [1.54, 1.807) is 31.8 Å². The number of benzene rings is 1. The van der Waals surface area contributed by atoms with Gasteiger partial charge in [0.2, 0.25) is 0 Å². The number of carbonyl (C=O) groups is 2. The summed E-state index contributed by atoms with van der Waals surface area (Å²) in [6, 6.07) is 5.45. The lowest BCUT2D eigenvalue weighted by atomic mass is 9.94. The molecule has 1 aromatic carbocycles. The Morgan fingerprint density at radius 3 is 2.50 bits per heavy atom. The van der Waals surface area contributed by atoms with Gasteiger partial charge in [0.25, 0.3) is 5.56 Å². The highest BCUT2D eigenvalue weighted by Crippen LogP contribution is 2.40. The van der Waals surface area contributed by atoms with Gasteiger partial charge in [-0.1, -0.05) is 0 Å². The molecule has 0 saturated carbocycles. The minimum atomic E-state index is -0.820. The van der Waals surface area contributed by atoms with Crippen molar-refractivity contribution in [2.45, 2.75) is 32.2 Å². The van der Waals surface area contributed by atoms with Crippen LogP contribution in [-0.2, 0) is 22.5 Å². The minimum absolute atomic E-state index is 0.0222. The van der Waals surface area contributed by atoms with Crippen molar-refractivity contribution in [3.8, 4) is 22.8 Å². The summed E-state index contributed by atoms with van der Waals surface area (Å²) in [6.07, 6.45) is 0.616. The first-order valence-electron chi connectivity index (χ1n) is 9.23. The molecular formula is C21H21NO6. The molecule has 0 bridgehead atoms. The number of carbonyl (C=O) groups excluding carboxylic acids is 2. The molecule has 2 heterocycles. The molecule has 1 atom stereocenters. The molecular weight excluding hydrogens is 362 g/mol. The van der Waals surface area contributed by atoms with Gasteiger partial charge in [0, 0.05) is 29.7 Å². The van der Waals surface area contributed by atoms with E-state index < -0.39 is 11.9 Å². The van der Waals surface area contributed by atoms with Crippen LogP contribution in [0.2, 0.25) is 0 Å². The van der Waals surface area contributed by atoms with Gasteiger partial charge in [-0.25, -0.2) is 0 Å². The molecule has 4 rings (SSSR count). The SMILES string of the molecule is CCOC(=O)C1CC(=O)c2cc3n(c(=O)c21)CCc1cc(OC)c(OC)cc1-3. The topological polar surface area (TPSA) is 83.8 Å². The zero-order valence-electron chi connectivity index (χ0n) is 16.0. The van der Waals surface area contributed by atoms with Gasteiger partial charge in [-0.05, 0) is 37.1 Å². The van der Waals surface area contributed by atoms with E-state index in [0.29, 0.717) is 35.7 Å². The number of nitrogens with zero attached hydrogens (tertiary/aromatic N) is 1. The molecule has 1 aliphatic heterocycles. The predicted octanol–water partition coefficient (Wildman–Crippen LogP) is 2.32. The number of ketones is 1. The van der Waals surface area contributed by atoms with E-state index in [-0.39, 0.29) is 29.9 Å². The summed E-state index contributed by atoms with van der Waals surface area (Å²) in [6.45, 7) is 2.38. The van der Waals surface area contributed by atoms with Crippen molar-refractivity contribution in [3.63, 3.8) is 0 Å². The van der Waals surface area contributed by atoms with Gasteiger partial charge in [0.05, 0.1) is 32.4 Å². The fourth-order valence-corrected chi connectivity index (χ4v) is 4.12. The maximum Gasteiger partial charge on any atom is 0.314 e. The van der Waals surface area contributed by atoms with Gasteiger partial charge in [0.1, 0.15) is 0 Å². The molecule has 146 valence electrons. The lowest BCUT2D eigenvalue weighted by molar-refractivity contribution is -0.144. The molecule has 0 amide bonds. The van der Waals surface area contributed by atoms with Gasteiger partial charge < -0.3 is 18.8 Å². The number of pyridine rings is 1. The smallest absolute Gasteiger partial charge is 0.314 e. The third kappa shape index (κ3) is 2.61. The maximum absolute atomic E-state index is 13.2. The molecule has 1 unspecified atom stereocenters. The third-order valence-electron chi connectivity index (χ3n) is 5.44. The lowest BCUT2D eigenvalue weighted by Crippen LogP contribution is -2.31. The Bertz CT molecular complexity index is 1050. The summed E-state index contributed by atoms with van der Waals surface area (Å²) in [4.78, 5) is 38.0. The standard InChI is InChI=1S/C21H21NO6/c1-4-28-21(25)14-9-16(23)13-8-15-12-10-18(27-3)17(26-2)7-11(12)5-6-22(15)20(24)19(13)14/h7-8,10,14H,4-6,9H2,1-3H3. The largest absolute Gasteiger partial charge is 0.493 e. The van der Waals surface area contributed by atoms with Crippen molar-refractivity contribution in [1.29, 1.82) is 0 Å². The van der Waals surface area contributed by atoms with E-state index in [0.717, 1.165) is 11.1 Å². The Balaban J connectivity index is 1.91. The van der Waals surface area contributed by atoms with Crippen LogP contribution in [0.4, 0.5) is 0 Å². The first kappa shape index (κ1) is 18.3.